The molecule has 33 heavy (non-hydrogen) atoms. The van der Waals surface area contributed by atoms with Crippen molar-refractivity contribution in [1.82, 2.24) is 29.9 Å². The van der Waals surface area contributed by atoms with E-state index in [-0.39, 0.29) is 35.1 Å². The summed E-state index contributed by atoms with van der Waals surface area (Å²) < 4.78 is 28.7. The highest BCUT2D eigenvalue weighted by Gasteiger charge is 2.28. The maximum atomic E-state index is 14.1. The summed E-state index contributed by atoms with van der Waals surface area (Å²) in [5.41, 5.74) is 0.605. The number of carbonyl (C=O) groups excluding carboxylic acids is 1. The summed E-state index contributed by atoms with van der Waals surface area (Å²) in [6, 6.07) is 12.3. The normalized spacial score (nSPS) is 16.3. The number of benzene rings is 2. The average Bonchev–Trinajstić information content (AvgIpc) is 3.24. The van der Waals surface area contributed by atoms with Gasteiger partial charge in [-0.15, -0.1) is 5.10 Å². The number of nitrogens with one attached hydrogen (secondary N) is 1. The lowest BCUT2D eigenvalue weighted by Gasteiger charge is -2.32. The van der Waals surface area contributed by atoms with Crippen LogP contribution < -0.4 is 5.56 Å². The Morgan fingerprint density at radius 1 is 1.15 bits per heavy atom. The average molecular weight is 450 g/mol. The highest BCUT2D eigenvalue weighted by molar-refractivity contribution is 5.94. The summed E-state index contributed by atoms with van der Waals surface area (Å²) in [7, 11) is 0. The number of H-pyrrole nitrogens is 1. The van der Waals surface area contributed by atoms with Crippen molar-refractivity contribution in [2.75, 3.05) is 13.1 Å². The number of piperidine rings is 1. The lowest BCUT2D eigenvalue weighted by molar-refractivity contribution is 0.0704. The zero-order valence-corrected chi connectivity index (χ0v) is 17.5. The van der Waals surface area contributed by atoms with Gasteiger partial charge in [-0.1, -0.05) is 29.5 Å². The number of hydrogen-bond acceptors (Lipinski definition) is 5. The van der Waals surface area contributed by atoms with Crippen molar-refractivity contribution in [3.05, 3.63) is 87.5 Å². The highest BCUT2D eigenvalue weighted by atomic mass is 19.1. The van der Waals surface area contributed by atoms with Crippen molar-refractivity contribution in [1.29, 1.82) is 0 Å². The van der Waals surface area contributed by atoms with E-state index in [4.69, 9.17) is 0 Å². The van der Waals surface area contributed by atoms with Crippen LogP contribution >= 0.6 is 0 Å². The third kappa shape index (κ3) is 4.11. The van der Waals surface area contributed by atoms with Crippen molar-refractivity contribution in [2.24, 2.45) is 0 Å². The summed E-state index contributed by atoms with van der Waals surface area (Å²) in [6.45, 7) is 0.984. The minimum absolute atomic E-state index is 0.0364. The number of likely N-dealkylation sites (tertiary alicyclic amines) is 1. The van der Waals surface area contributed by atoms with E-state index in [2.05, 4.69) is 20.3 Å². The molecule has 0 aliphatic carbocycles. The van der Waals surface area contributed by atoms with Crippen LogP contribution in [0.5, 0.6) is 0 Å². The standard InChI is InChI=1S/C23H20F2N6O2/c24-17-9-8-15(18(25)11-17)13-31-21-19(28-29-31)22(32)27-20(26-21)16-7-4-10-30(12-16)23(33)14-5-2-1-3-6-14/h1-3,5-6,8-9,11,16H,4,7,10,12-13H2,(H,26,27,32)/t16-/m0/s1. The Kier molecular flexibility index (Phi) is 5.41. The maximum absolute atomic E-state index is 14.1. The molecule has 3 heterocycles. The summed E-state index contributed by atoms with van der Waals surface area (Å²) >= 11 is 0. The van der Waals surface area contributed by atoms with Gasteiger partial charge in [0.05, 0.1) is 6.54 Å². The molecule has 0 spiro atoms. The summed E-state index contributed by atoms with van der Waals surface area (Å²) in [4.78, 5) is 34.6. The van der Waals surface area contributed by atoms with Crippen molar-refractivity contribution < 1.29 is 13.6 Å². The van der Waals surface area contributed by atoms with Crippen molar-refractivity contribution in [3.63, 3.8) is 0 Å². The van der Waals surface area contributed by atoms with Gasteiger partial charge in [0, 0.05) is 36.2 Å². The molecule has 2 aromatic carbocycles. The quantitative estimate of drug-likeness (QED) is 0.516. The van der Waals surface area contributed by atoms with Gasteiger partial charge in [0.1, 0.15) is 17.5 Å². The summed E-state index contributed by atoms with van der Waals surface area (Å²) in [5.74, 6) is -1.20. The molecule has 1 amide bonds. The first-order chi connectivity index (χ1) is 16.0. The number of hydrogen-bond donors (Lipinski definition) is 1. The monoisotopic (exact) mass is 450 g/mol. The van der Waals surface area contributed by atoms with Crippen LogP contribution in [0.3, 0.4) is 0 Å². The van der Waals surface area contributed by atoms with Gasteiger partial charge < -0.3 is 9.88 Å². The second-order valence-electron chi connectivity index (χ2n) is 8.06. The van der Waals surface area contributed by atoms with Crippen LogP contribution in [-0.2, 0) is 6.54 Å². The lowest BCUT2D eigenvalue weighted by Crippen LogP contribution is -2.39. The molecule has 2 aromatic heterocycles. The number of amides is 1. The molecule has 168 valence electrons. The van der Waals surface area contributed by atoms with Crippen molar-refractivity contribution in [2.45, 2.75) is 25.3 Å². The Hall–Kier alpha value is -3.95. The third-order valence-corrected chi connectivity index (χ3v) is 5.84. The smallest absolute Gasteiger partial charge is 0.281 e. The third-order valence-electron chi connectivity index (χ3n) is 5.84. The molecule has 1 N–H and O–H groups in total. The van der Waals surface area contributed by atoms with Gasteiger partial charge in [-0.05, 0) is 31.0 Å². The van der Waals surface area contributed by atoms with E-state index in [9.17, 15) is 18.4 Å². The van der Waals surface area contributed by atoms with Gasteiger partial charge >= 0.3 is 0 Å². The highest BCUT2D eigenvalue weighted by Crippen LogP contribution is 2.26. The molecule has 4 aromatic rings. The molecule has 1 fully saturated rings. The van der Waals surface area contributed by atoms with E-state index < -0.39 is 17.2 Å². The number of halogens is 2. The van der Waals surface area contributed by atoms with E-state index in [0.29, 0.717) is 24.5 Å². The molecule has 1 atom stereocenters. The molecule has 1 aliphatic rings. The second kappa shape index (κ2) is 8.53. The molecule has 0 unspecified atom stereocenters. The molecule has 0 bridgehead atoms. The molecule has 0 saturated carbocycles. The van der Waals surface area contributed by atoms with Crippen LogP contribution in [0.25, 0.3) is 11.2 Å². The number of nitrogens with zero attached hydrogens (tertiary/aromatic N) is 5. The van der Waals surface area contributed by atoms with Gasteiger partial charge in [0.2, 0.25) is 0 Å². The van der Waals surface area contributed by atoms with E-state index in [0.717, 1.165) is 25.0 Å². The Morgan fingerprint density at radius 2 is 1.97 bits per heavy atom. The van der Waals surface area contributed by atoms with Crippen LogP contribution in [0.1, 0.15) is 40.5 Å². The summed E-state index contributed by atoms with van der Waals surface area (Å²) in [5, 5.41) is 7.82. The van der Waals surface area contributed by atoms with Gasteiger partial charge in [0.25, 0.3) is 11.5 Å². The molecule has 10 heteroatoms. The van der Waals surface area contributed by atoms with Crippen LogP contribution in [0.2, 0.25) is 0 Å². The zero-order chi connectivity index (χ0) is 22.9. The Morgan fingerprint density at radius 3 is 2.76 bits per heavy atom. The van der Waals surface area contributed by atoms with E-state index >= 15 is 0 Å². The minimum Gasteiger partial charge on any atom is -0.338 e. The molecular weight excluding hydrogens is 430 g/mol. The van der Waals surface area contributed by atoms with Crippen LogP contribution in [0, 0.1) is 11.6 Å². The fraction of sp³-hybridized carbons (Fsp3) is 0.261. The molecule has 1 aliphatic heterocycles. The maximum Gasteiger partial charge on any atom is 0.281 e. The number of carbonyl (C=O) groups is 1. The molecular formula is C23H20F2N6O2. The van der Waals surface area contributed by atoms with Crippen LogP contribution in [0.4, 0.5) is 8.78 Å². The predicted octanol–water partition coefficient (Wildman–Crippen LogP) is 2.86. The Bertz CT molecular complexity index is 1380. The van der Waals surface area contributed by atoms with E-state index in [1.807, 2.05) is 18.2 Å². The predicted molar refractivity (Wildman–Crippen MR) is 116 cm³/mol. The lowest BCUT2D eigenvalue weighted by atomic mass is 9.96. The Balaban J connectivity index is 1.44. The number of aromatic amines is 1. The number of fused-ring (bicyclic) bond motifs is 1. The molecule has 5 rings (SSSR count). The zero-order valence-electron chi connectivity index (χ0n) is 17.5. The summed E-state index contributed by atoms with van der Waals surface area (Å²) in [6.07, 6.45) is 1.52. The topological polar surface area (TPSA) is 96.8 Å². The van der Waals surface area contributed by atoms with Gasteiger partial charge in [0.15, 0.2) is 11.2 Å². The number of rotatable bonds is 4. The largest absolute Gasteiger partial charge is 0.338 e. The van der Waals surface area contributed by atoms with Crippen molar-refractivity contribution >= 4 is 17.1 Å². The SMILES string of the molecule is O=C(c1ccccc1)N1CCC[C@H](c2nc3c(nnn3Cc3ccc(F)cc3F)c(=O)[nH]2)C1. The fourth-order valence-electron chi connectivity index (χ4n) is 4.14. The first kappa shape index (κ1) is 20.9. The van der Waals surface area contributed by atoms with Gasteiger partial charge in [-0.2, -0.15) is 0 Å². The second-order valence-corrected chi connectivity index (χ2v) is 8.06. The Labute approximate surface area is 186 Å². The molecule has 0 radical (unpaired) electrons. The van der Waals surface area contributed by atoms with E-state index in [1.165, 1.54) is 10.7 Å². The van der Waals surface area contributed by atoms with E-state index in [1.54, 1.807) is 17.0 Å². The first-order valence-corrected chi connectivity index (χ1v) is 10.6. The minimum atomic E-state index is -0.717. The molecule has 8 nitrogen and oxygen atoms in total. The van der Waals surface area contributed by atoms with Gasteiger partial charge in [-0.25, -0.2) is 18.4 Å². The fourth-order valence-corrected chi connectivity index (χ4v) is 4.14. The number of aromatic nitrogens is 5. The molecule has 1 saturated heterocycles. The van der Waals surface area contributed by atoms with Gasteiger partial charge in [-0.3, -0.25) is 9.59 Å². The first-order valence-electron chi connectivity index (χ1n) is 10.6. The van der Waals surface area contributed by atoms with Crippen LogP contribution in [0.15, 0.2) is 53.3 Å². The van der Waals surface area contributed by atoms with Crippen LogP contribution in [-0.4, -0.2) is 48.9 Å². The van der Waals surface area contributed by atoms with Crippen molar-refractivity contribution in [3.8, 4) is 0 Å².